The lowest BCUT2D eigenvalue weighted by molar-refractivity contribution is 0.666. The Morgan fingerprint density at radius 3 is 1.44 bits per heavy atom. The van der Waals surface area contributed by atoms with Gasteiger partial charge < -0.3 is 13.4 Å². The average Bonchev–Trinajstić information content (AvgIpc) is 4.19. The predicted octanol–water partition coefficient (Wildman–Crippen LogP) is 16.5. The Labute approximate surface area is 399 Å². The summed E-state index contributed by atoms with van der Waals surface area (Å²) in [5.74, 6) is 1.65. The lowest BCUT2D eigenvalue weighted by Crippen LogP contribution is -2.07. The Bertz CT molecular complexity index is 4580. The Hall–Kier alpha value is -9.59. The second kappa shape index (κ2) is 15.0. The van der Waals surface area contributed by atoms with Crippen molar-refractivity contribution >= 4 is 87.5 Å². The average molecular weight is 896 g/mol. The van der Waals surface area contributed by atoms with Crippen molar-refractivity contribution in [2.45, 2.75) is 0 Å². The van der Waals surface area contributed by atoms with Gasteiger partial charge in [-0.2, -0.15) is 9.97 Å². The third-order valence-corrected chi connectivity index (χ3v) is 14.0. The maximum Gasteiger partial charge on any atom is 0.238 e. The Morgan fingerprint density at radius 1 is 0.286 bits per heavy atom. The molecule has 15 rings (SSSR count). The summed E-state index contributed by atoms with van der Waals surface area (Å²) in [5.41, 5.74) is 14.6. The second-order valence-electron chi connectivity index (χ2n) is 17.9. The van der Waals surface area contributed by atoms with Crippen LogP contribution in [0.4, 0.5) is 0 Å². The fraction of sp³-hybridized carbons (Fsp3) is 0. The highest BCUT2D eigenvalue weighted by Crippen LogP contribution is 2.45. The smallest absolute Gasteiger partial charge is 0.238 e. The molecule has 0 bridgehead atoms. The zero-order chi connectivity index (χ0) is 45.9. The molecule has 15 aromatic rings. The van der Waals surface area contributed by atoms with Crippen LogP contribution in [0.25, 0.3) is 144 Å². The fourth-order valence-electron chi connectivity index (χ4n) is 10.8. The highest BCUT2D eigenvalue weighted by atomic mass is 16.3. The van der Waals surface area contributed by atoms with E-state index in [1.165, 1.54) is 11.1 Å². The van der Waals surface area contributed by atoms with E-state index in [0.29, 0.717) is 17.6 Å². The first-order valence-electron chi connectivity index (χ1n) is 23.5. The summed E-state index contributed by atoms with van der Waals surface area (Å²) in [6.45, 7) is 0. The van der Waals surface area contributed by atoms with E-state index in [0.717, 1.165) is 115 Å². The second-order valence-corrected chi connectivity index (χ2v) is 17.9. The Kier molecular flexibility index (Phi) is 8.23. The minimum absolute atomic E-state index is 0.512. The summed E-state index contributed by atoms with van der Waals surface area (Å²) in [6, 6.07) is 78.6. The molecule has 0 atom stereocenters. The number of hydrogen-bond donors (Lipinski definition) is 0. The van der Waals surface area contributed by atoms with Crippen molar-refractivity contribution in [3.63, 3.8) is 0 Å². The van der Waals surface area contributed by atoms with Crippen LogP contribution >= 0.6 is 0 Å². The van der Waals surface area contributed by atoms with Crippen LogP contribution in [0.2, 0.25) is 0 Å². The van der Waals surface area contributed by atoms with Crippen LogP contribution < -0.4 is 0 Å². The van der Waals surface area contributed by atoms with E-state index in [2.05, 4.69) is 179 Å². The molecule has 0 aliphatic rings. The summed E-state index contributed by atoms with van der Waals surface area (Å²) < 4.78 is 17.9. The third-order valence-electron chi connectivity index (χ3n) is 14.0. The van der Waals surface area contributed by atoms with Crippen molar-refractivity contribution in [2.24, 2.45) is 0 Å². The summed E-state index contributed by atoms with van der Waals surface area (Å²) in [6.07, 6.45) is 0. The highest BCUT2D eigenvalue weighted by Gasteiger charge is 2.26. The van der Waals surface area contributed by atoms with Gasteiger partial charge in [-0.1, -0.05) is 170 Å². The molecule has 0 fully saturated rings. The molecule has 0 unspecified atom stereocenters. The van der Waals surface area contributed by atoms with Crippen LogP contribution in [-0.2, 0) is 0 Å². The number of rotatable bonds is 6. The lowest BCUT2D eigenvalue weighted by atomic mass is 9.98. The fourth-order valence-corrected chi connectivity index (χ4v) is 10.8. The van der Waals surface area contributed by atoms with Gasteiger partial charge in [-0.15, -0.1) is 0 Å². The minimum Gasteiger partial charge on any atom is -0.456 e. The Morgan fingerprint density at radius 2 is 0.757 bits per heavy atom. The van der Waals surface area contributed by atoms with Gasteiger partial charge in [-0.25, -0.2) is 4.98 Å². The number of hydrogen-bond acceptors (Lipinski definition) is 5. The molecule has 10 aromatic carbocycles. The van der Waals surface area contributed by atoms with E-state index >= 15 is 0 Å². The molecule has 70 heavy (non-hydrogen) atoms. The summed E-state index contributed by atoms with van der Waals surface area (Å²) >= 11 is 0. The number of fused-ring (bicyclic) bond motifs is 13. The first-order chi connectivity index (χ1) is 34.7. The van der Waals surface area contributed by atoms with Gasteiger partial charge in [0.2, 0.25) is 5.95 Å². The van der Waals surface area contributed by atoms with E-state index < -0.39 is 0 Å². The molecule has 0 amide bonds. The molecule has 7 heteroatoms. The normalized spacial score (nSPS) is 12.0. The van der Waals surface area contributed by atoms with Crippen molar-refractivity contribution in [3.8, 4) is 56.7 Å². The van der Waals surface area contributed by atoms with Crippen LogP contribution in [0, 0.1) is 0 Å². The molecule has 7 nitrogen and oxygen atoms in total. The Balaban J connectivity index is 1.05. The van der Waals surface area contributed by atoms with Gasteiger partial charge in [0.1, 0.15) is 16.7 Å². The monoisotopic (exact) mass is 895 g/mol. The topological polar surface area (TPSA) is 74.8 Å². The van der Waals surface area contributed by atoms with Gasteiger partial charge in [0.05, 0.1) is 27.8 Å². The maximum absolute atomic E-state index is 6.97. The zero-order valence-electron chi connectivity index (χ0n) is 37.4. The van der Waals surface area contributed by atoms with Crippen molar-refractivity contribution in [3.05, 3.63) is 224 Å². The lowest BCUT2D eigenvalue weighted by Gasteiger charge is -2.15. The highest BCUT2D eigenvalue weighted by molar-refractivity contribution is 6.24. The van der Waals surface area contributed by atoms with E-state index in [9.17, 15) is 0 Å². The number of benzene rings is 10. The van der Waals surface area contributed by atoms with Gasteiger partial charge in [0.15, 0.2) is 17.2 Å². The maximum atomic E-state index is 6.97. The molecule has 0 N–H and O–H groups in total. The van der Waals surface area contributed by atoms with E-state index in [4.69, 9.17) is 23.8 Å². The van der Waals surface area contributed by atoms with Crippen LogP contribution in [0.1, 0.15) is 0 Å². The van der Waals surface area contributed by atoms with Gasteiger partial charge in [-0.05, 0) is 76.9 Å². The number of nitrogens with zero attached hydrogens (tertiary/aromatic N) is 5. The molecule has 0 saturated heterocycles. The SMILES string of the molecule is c1ccc(-c2ccc(-c3cc(-n4c5ccccc5c5ccc6c7ccccc7n(-c7nc(-c8ccccc8)nc(-c8ccc9oc%10ccccc%10c9c8)n7)c6c54)c4oc5ccccc5c4c3)cc2)cc1. The first kappa shape index (κ1) is 38.5. The standard InChI is InChI=1S/C63H37N5O2/c1-3-15-38(16-4-1)39-27-29-40(30-28-39)43-36-51-47-22-10-14-26-56(47)70-60(51)54(37-43)67-52-23-11-7-19-44(52)48-32-33-49-45-20-8-12-24-53(45)68(59(49)58(48)67)63-65-61(41-17-5-2-6-18-41)64-62(66-63)42-31-34-57-50(35-42)46-21-9-13-25-55(46)69-57/h1-37H. The van der Waals surface area contributed by atoms with Crippen molar-refractivity contribution in [1.29, 1.82) is 0 Å². The van der Waals surface area contributed by atoms with Crippen molar-refractivity contribution in [2.75, 3.05) is 0 Å². The first-order valence-corrected chi connectivity index (χ1v) is 23.5. The van der Waals surface area contributed by atoms with Gasteiger partial charge >= 0.3 is 0 Å². The molecule has 0 aliphatic heterocycles. The largest absolute Gasteiger partial charge is 0.456 e. The molecule has 5 heterocycles. The minimum atomic E-state index is 0.512. The summed E-state index contributed by atoms with van der Waals surface area (Å²) in [5, 5.41) is 8.55. The number of aromatic nitrogens is 5. The number of para-hydroxylation sites is 4. The van der Waals surface area contributed by atoms with Crippen molar-refractivity contribution in [1.82, 2.24) is 24.1 Å². The van der Waals surface area contributed by atoms with E-state index in [-0.39, 0.29) is 0 Å². The van der Waals surface area contributed by atoms with Gasteiger partial charge in [0.25, 0.3) is 0 Å². The van der Waals surface area contributed by atoms with E-state index in [1.54, 1.807) is 0 Å². The van der Waals surface area contributed by atoms with Gasteiger partial charge in [0, 0.05) is 54.2 Å². The molecule has 0 radical (unpaired) electrons. The van der Waals surface area contributed by atoms with E-state index in [1.807, 2.05) is 54.6 Å². The molecule has 0 spiro atoms. The quantitative estimate of drug-likeness (QED) is 0.166. The van der Waals surface area contributed by atoms with Crippen molar-refractivity contribution < 1.29 is 8.83 Å². The molecule has 0 saturated carbocycles. The third kappa shape index (κ3) is 5.79. The van der Waals surface area contributed by atoms with Crippen LogP contribution in [0.15, 0.2) is 233 Å². The zero-order valence-corrected chi connectivity index (χ0v) is 37.4. The van der Waals surface area contributed by atoms with Gasteiger partial charge in [-0.3, -0.25) is 4.57 Å². The molecular weight excluding hydrogens is 859 g/mol. The summed E-state index contributed by atoms with van der Waals surface area (Å²) in [7, 11) is 0. The number of furan rings is 2. The van der Waals surface area contributed by atoms with Crippen LogP contribution in [0.3, 0.4) is 0 Å². The molecule has 326 valence electrons. The summed E-state index contributed by atoms with van der Waals surface area (Å²) in [4.78, 5) is 16.1. The predicted molar refractivity (Wildman–Crippen MR) is 285 cm³/mol. The van der Waals surface area contributed by atoms with Crippen LogP contribution in [0.5, 0.6) is 0 Å². The molecule has 0 aliphatic carbocycles. The molecular formula is C63H37N5O2. The molecule has 5 aromatic heterocycles. The van der Waals surface area contributed by atoms with Crippen LogP contribution in [-0.4, -0.2) is 24.1 Å².